The van der Waals surface area contributed by atoms with Gasteiger partial charge in [0.05, 0.1) is 12.5 Å². The minimum atomic E-state index is -0.925. The standard InChI is InChI=1S/C11H14BrN3O2/c1-6-7(12)3-2-4-9(6)15-11(17)8(13)5-10(14)16/h2-4,8H,5,13H2,1H3,(H2,14,16)(H,15,17). The number of rotatable bonds is 4. The van der Waals surface area contributed by atoms with Crippen LogP contribution in [0.1, 0.15) is 12.0 Å². The molecule has 0 saturated heterocycles. The average molecular weight is 300 g/mol. The second-order valence-electron chi connectivity index (χ2n) is 3.68. The highest BCUT2D eigenvalue weighted by Gasteiger charge is 2.16. The van der Waals surface area contributed by atoms with Crippen molar-refractivity contribution in [2.45, 2.75) is 19.4 Å². The normalized spacial score (nSPS) is 11.9. The molecule has 17 heavy (non-hydrogen) atoms. The van der Waals surface area contributed by atoms with Gasteiger partial charge in [-0.05, 0) is 24.6 Å². The molecular weight excluding hydrogens is 286 g/mol. The Kier molecular flexibility index (Phi) is 4.65. The quantitative estimate of drug-likeness (QED) is 0.770. The highest BCUT2D eigenvalue weighted by Crippen LogP contribution is 2.23. The molecular formula is C11H14BrN3O2. The van der Waals surface area contributed by atoms with Crippen LogP contribution in [0.3, 0.4) is 0 Å². The maximum Gasteiger partial charge on any atom is 0.241 e. The van der Waals surface area contributed by atoms with Crippen LogP contribution in [0.25, 0.3) is 0 Å². The van der Waals surface area contributed by atoms with E-state index in [1.807, 2.05) is 13.0 Å². The number of benzene rings is 1. The first-order chi connectivity index (χ1) is 7.91. The third-order valence-electron chi connectivity index (χ3n) is 2.28. The van der Waals surface area contributed by atoms with Gasteiger partial charge in [-0.3, -0.25) is 9.59 Å². The summed E-state index contributed by atoms with van der Waals surface area (Å²) in [7, 11) is 0. The molecule has 1 unspecified atom stereocenters. The molecule has 1 aromatic rings. The van der Waals surface area contributed by atoms with Crippen molar-refractivity contribution in [2.24, 2.45) is 11.5 Å². The zero-order valence-electron chi connectivity index (χ0n) is 9.37. The van der Waals surface area contributed by atoms with Gasteiger partial charge in [-0.1, -0.05) is 22.0 Å². The van der Waals surface area contributed by atoms with Crippen LogP contribution >= 0.6 is 15.9 Å². The Hall–Kier alpha value is -1.40. The van der Waals surface area contributed by atoms with E-state index in [1.54, 1.807) is 12.1 Å². The second-order valence-corrected chi connectivity index (χ2v) is 4.53. The number of hydrogen-bond donors (Lipinski definition) is 3. The van der Waals surface area contributed by atoms with Crippen LogP contribution in [0.2, 0.25) is 0 Å². The summed E-state index contributed by atoms with van der Waals surface area (Å²) in [6.07, 6.45) is -0.168. The van der Waals surface area contributed by atoms with E-state index in [9.17, 15) is 9.59 Å². The maximum absolute atomic E-state index is 11.7. The molecule has 0 bridgehead atoms. The summed E-state index contributed by atoms with van der Waals surface area (Å²) in [6, 6.07) is 4.50. The molecule has 0 aliphatic rings. The van der Waals surface area contributed by atoms with Gasteiger partial charge in [0.25, 0.3) is 0 Å². The molecule has 0 fully saturated rings. The van der Waals surface area contributed by atoms with Crippen molar-refractivity contribution in [3.8, 4) is 0 Å². The van der Waals surface area contributed by atoms with Crippen LogP contribution < -0.4 is 16.8 Å². The van der Waals surface area contributed by atoms with Crippen LogP contribution in [-0.2, 0) is 9.59 Å². The Labute approximate surface area is 108 Å². The first kappa shape index (κ1) is 13.7. The summed E-state index contributed by atoms with van der Waals surface area (Å²) in [5.74, 6) is -1.02. The Morgan fingerprint density at radius 3 is 2.71 bits per heavy atom. The van der Waals surface area contributed by atoms with Crippen molar-refractivity contribution in [2.75, 3.05) is 5.32 Å². The number of anilines is 1. The smallest absolute Gasteiger partial charge is 0.241 e. The number of hydrogen-bond acceptors (Lipinski definition) is 3. The first-order valence-electron chi connectivity index (χ1n) is 5.01. The number of primary amides is 1. The van der Waals surface area contributed by atoms with Crippen LogP contribution in [0, 0.1) is 6.92 Å². The summed E-state index contributed by atoms with van der Waals surface area (Å²) in [5.41, 5.74) is 12.1. The van der Waals surface area contributed by atoms with Gasteiger partial charge in [0.15, 0.2) is 0 Å². The van der Waals surface area contributed by atoms with E-state index < -0.39 is 17.9 Å². The lowest BCUT2D eigenvalue weighted by atomic mass is 10.1. The molecule has 5 N–H and O–H groups in total. The van der Waals surface area contributed by atoms with E-state index in [4.69, 9.17) is 11.5 Å². The van der Waals surface area contributed by atoms with Gasteiger partial charge in [0.2, 0.25) is 11.8 Å². The molecule has 0 spiro atoms. The van der Waals surface area contributed by atoms with Crippen LogP contribution in [0.5, 0.6) is 0 Å². The molecule has 92 valence electrons. The van der Waals surface area contributed by atoms with E-state index in [-0.39, 0.29) is 6.42 Å². The van der Waals surface area contributed by atoms with Gasteiger partial charge in [-0.15, -0.1) is 0 Å². The number of nitrogens with one attached hydrogen (secondary N) is 1. The fraction of sp³-hybridized carbons (Fsp3) is 0.273. The van der Waals surface area contributed by atoms with E-state index >= 15 is 0 Å². The van der Waals surface area contributed by atoms with Crippen molar-refractivity contribution >= 4 is 33.4 Å². The highest BCUT2D eigenvalue weighted by molar-refractivity contribution is 9.10. The van der Waals surface area contributed by atoms with Gasteiger partial charge in [0, 0.05) is 10.2 Å². The molecule has 1 aromatic carbocycles. The highest BCUT2D eigenvalue weighted by atomic mass is 79.9. The minimum Gasteiger partial charge on any atom is -0.370 e. The molecule has 0 heterocycles. The van der Waals surface area contributed by atoms with Gasteiger partial charge in [-0.25, -0.2) is 0 Å². The molecule has 0 saturated carbocycles. The van der Waals surface area contributed by atoms with Crippen molar-refractivity contribution in [1.82, 2.24) is 0 Å². The third kappa shape index (κ3) is 3.83. The van der Waals surface area contributed by atoms with Crippen LogP contribution in [0.4, 0.5) is 5.69 Å². The Morgan fingerprint density at radius 1 is 1.47 bits per heavy atom. The van der Waals surface area contributed by atoms with E-state index in [1.165, 1.54) is 0 Å². The van der Waals surface area contributed by atoms with E-state index in [0.29, 0.717) is 5.69 Å². The summed E-state index contributed by atoms with van der Waals surface area (Å²) in [5, 5.41) is 2.65. The minimum absolute atomic E-state index is 0.168. The third-order valence-corrected chi connectivity index (χ3v) is 3.14. The predicted octanol–water partition coefficient (Wildman–Crippen LogP) is 0.899. The maximum atomic E-state index is 11.7. The van der Waals surface area contributed by atoms with Gasteiger partial charge >= 0.3 is 0 Å². The number of halogens is 1. The first-order valence-corrected chi connectivity index (χ1v) is 5.81. The second kappa shape index (κ2) is 5.79. The lowest BCUT2D eigenvalue weighted by Gasteiger charge is -2.13. The molecule has 0 radical (unpaired) electrons. The monoisotopic (exact) mass is 299 g/mol. The van der Waals surface area contributed by atoms with Crippen molar-refractivity contribution in [3.63, 3.8) is 0 Å². The molecule has 2 amide bonds. The summed E-state index contributed by atoms with van der Waals surface area (Å²) < 4.78 is 0.888. The van der Waals surface area contributed by atoms with Gasteiger partial charge < -0.3 is 16.8 Å². The number of amides is 2. The van der Waals surface area contributed by atoms with E-state index in [0.717, 1.165) is 10.0 Å². The Bertz CT molecular complexity index is 448. The fourth-order valence-corrected chi connectivity index (χ4v) is 1.64. The van der Waals surface area contributed by atoms with Crippen molar-refractivity contribution in [1.29, 1.82) is 0 Å². The zero-order chi connectivity index (χ0) is 13.0. The Morgan fingerprint density at radius 2 is 2.12 bits per heavy atom. The van der Waals surface area contributed by atoms with Crippen LogP contribution in [0.15, 0.2) is 22.7 Å². The molecule has 0 aliphatic heterocycles. The number of carbonyl (C=O) groups is 2. The number of carbonyl (C=O) groups excluding carboxylic acids is 2. The fourth-order valence-electron chi connectivity index (χ4n) is 1.28. The predicted molar refractivity (Wildman–Crippen MR) is 69.3 cm³/mol. The van der Waals surface area contributed by atoms with E-state index in [2.05, 4.69) is 21.2 Å². The topological polar surface area (TPSA) is 98.2 Å². The SMILES string of the molecule is Cc1c(Br)cccc1NC(=O)C(N)CC(N)=O. The summed E-state index contributed by atoms with van der Waals surface area (Å²) in [6.45, 7) is 1.86. The lowest BCUT2D eigenvalue weighted by molar-refractivity contribution is -0.123. The van der Waals surface area contributed by atoms with Gasteiger partial charge in [0.1, 0.15) is 0 Å². The lowest BCUT2D eigenvalue weighted by Crippen LogP contribution is -2.39. The van der Waals surface area contributed by atoms with Crippen molar-refractivity contribution in [3.05, 3.63) is 28.2 Å². The largest absolute Gasteiger partial charge is 0.370 e. The molecule has 1 rings (SSSR count). The summed E-state index contributed by atoms with van der Waals surface area (Å²) in [4.78, 5) is 22.3. The molecule has 5 nitrogen and oxygen atoms in total. The van der Waals surface area contributed by atoms with Crippen LogP contribution in [-0.4, -0.2) is 17.9 Å². The average Bonchev–Trinajstić information content (AvgIpc) is 2.23. The Balaban J connectivity index is 2.74. The molecule has 0 aliphatic carbocycles. The molecule has 6 heteroatoms. The van der Waals surface area contributed by atoms with Gasteiger partial charge in [-0.2, -0.15) is 0 Å². The summed E-state index contributed by atoms with van der Waals surface area (Å²) >= 11 is 3.36. The molecule has 0 aromatic heterocycles. The number of nitrogens with two attached hydrogens (primary N) is 2. The zero-order valence-corrected chi connectivity index (χ0v) is 11.0. The molecule has 1 atom stereocenters. The van der Waals surface area contributed by atoms with Crippen molar-refractivity contribution < 1.29 is 9.59 Å².